The van der Waals surface area contributed by atoms with Crippen molar-refractivity contribution in [1.29, 1.82) is 0 Å². The predicted octanol–water partition coefficient (Wildman–Crippen LogP) is 6.32. The molecule has 1 aliphatic carbocycles. The number of fused-ring (bicyclic) bond motifs is 1. The molecule has 0 spiro atoms. The Balaban J connectivity index is 3.01. The molecule has 1 heterocycles. The Bertz CT molecular complexity index is 1000. The number of hydrogen-bond donors (Lipinski definition) is 0. The Hall–Kier alpha value is -2.69. The summed E-state index contributed by atoms with van der Waals surface area (Å²) in [6, 6.07) is 0. The van der Waals surface area contributed by atoms with Gasteiger partial charge in [-0.3, -0.25) is 14.4 Å². The van der Waals surface area contributed by atoms with Crippen LogP contribution in [0.4, 0.5) is 0 Å². The van der Waals surface area contributed by atoms with E-state index in [0.717, 1.165) is 16.7 Å². The molecule has 0 aromatic heterocycles. The third-order valence-electron chi connectivity index (χ3n) is 6.19. The maximum absolute atomic E-state index is 13.8. The maximum Gasteiger partial charge on any atom is 0.307 e. The van der Waals surface area contributed by atoms with E-state index in [0.29, 0.717) is 24.2 Å². The minimum absolute atomic E-state index is 0.0702. The molecular formula is C28H38O5. The van der Waals surface area contributed by atoms with Crippen molar-refractivity contribution in [1.82, 2.24) is 0 Å². The lowest BCUT2D eigenvalue weighted by molar-refractivity contribution is -0.140. The molecule has 0 aromatic rings. The Morgan fingerprint density at radius 1 is 1.09 bits per heavy atom. The minimum atomic E-state index is -0.992. The molecule has 33 heavy (non-hydrogen) atoms. The van der Waals surface area contributed by atoms with Gasteiger partial charge in [0.15, 0.2) is 11.6 Å². The normalized spacial score (nSPS) is 22.0. The highest BCUT2D eigenvalue weighted by molar-refractivity contribution is 6.28. The summed E-state index contributed by atoms with van der Waals surface area (Å²) in [5, 5.41) is 0. The fourth-order valence-corrected chi connectivity index (χ4v) is 4.15. The topological polar surface area (TPSA) is 69.7 Å². The molecule has 1 aliphatic heterocycles. The van der Waals surface area contributed by atoms with Gasteiger partial charge < -0.3 is 9.47 Å². The summed E-state index contributed by atoms with van der Waals surface area (Å²) in [7, 11) is 0. The highest BCUT2D eigenvalue weighted by Gasteiger charge is 2.56. The van der Waals surface area contributed by atoms with E-state index in [2.05, 4.69) is 6.58 Å². The van der Waals surface area contributed by atoms with Crippen LogP contribution in [0.5, 0.6) is 0 Å². The highest BCUT2D eigenvalue weighted by Crippen LogP contribution is 2.57. The zero-order valence-corrected chi connectivity index (χ0v) is 21.6. The lowest BCUT2D eigenvalue weighted by atomic mass is 9.63. The molecule has 2 rings (SSSR count). The number of hydrogen-bond acceptors (Lipinski definition) is 5. The number of carbonyl (C=O) groups is 3. The zero-order valence-electron chi connectivity index (χ0n) is 21.6. The molecule has 1 atom stereocenters. The van der Waals surface area contributed by atoms with Crippen LogP contribution in [-0.4, -0.2) is 23.1 Å². The molecule has 0 aromatic carbocycles. The zero-order chi connectivity index (χ0) is 25.3. The molecule has 0 bridgehead atoms. The highest BCUT2D eigenvalue weighted by atomic mass is 16.5. The van der Waals surface area contributed by atoms with Crippen LogP contribution in [0.15, 0.2) is 58.1 Å². The monoisotopic (exact) mass is 454 g/mol. The molecule has 5 nitrogen and oxygen atoms in total. The number of rotatable bonds is 7. The largest absolute Gasteiger partial charge is 0.486 e. The van der Waals surface area contributed by atoms with E-state index in [4.69, 9.17) is 9.47 Å². The molecule has 1 fully saturated rings. The van der Waals surface area contributed by atoms with Crippen LogP contribution in [0.25, 0.3) is 0 Å². The van der Waals surface area contributed by atoms with E-state index in [1.807, 2.05) is 53.7 Å². The summed E-state index contributed by atoms with van der Waals surface area (Å²) in [5.74, 6) is -1.02. The summed E-state index contributed by atoms with van der Waals surface area (Å²) in [6.07, 6.45) is 5.03. The second kappa shape index (κ2) is 9.66. The van der Waals surface area contributed by atoms with Crippen LogP contribution in [0.2, 0.25) is 0 Å². The van der Waals surface area contributed by atoms with Gasteiger partial charge in [0.25, 0.3) is 0 Å². The molecule has 1 unspecified atom stereocenters. The molecule has 2 aliphatic rings. The van der Waals surface area contributed by atoms with Crippen LogP contribution in [0, 0.1) is 11.3 Å². The van der Waals surface area contributed by atoms with Crippen LogP contribution in [0.3, 0.4) is 0 Å². The molecule has 0 amide bonds. The van der Waals surface area contributed by atoms with Crippen LogP contribution >= 0.6 is 0 Å². The first-order valence-electron chi connectivity index (χ1n) is 11.5. The third kappa shape index (κ3) is 5.29. The molecule has 0 radical (unpaired) electrons. The number of ketones is 2. The molecule has 1 saturated heterocycles. The number of ether oxygens (including phenoxy) is 2. The average molecular weight is 455 g/mol. The van der Waals surface area contributed by atoms with Crippen molar-refractivity contribution in [3.8, 4) is 0 Å². The molecule has 5 heteroatoms. The maximum atomic E-state index is 13.8. The van der Waals surface area contributed by atoms with Gasteiger partial charge in [-0.2, -0.15) is 0 Å². The van der Waals surface area contributed by atoms with Gasteiger partial charge in [0.2, 0.25) is 0 Å². The van der Waals surface area contributed by atoms with E-state index >= 15 is 0 Å². The van der Waals surface area contributed by atoms with Gasteiger partial charge >= 0.3 is 5.97 Å². The average Bonchev–Trinajstić information content (AvgIpc) is 2.67. The third-order valence-corrected chi connectivity index (χ3v) is 6.19. The van der Waals surface area contributed by atoms with Gasteiger partial charge in [0.05, 0.1) is 5.41 Å². The van der Waals surface area contributed by atoms with Gasteiger partial charge in [-0.15, -0.1) is 0 Å². The summed E-state index contributed by atoms with van der Waals surface area (Å²) >= 11 is 0. The van der Waals surface area contributed by atoms with E-state index in [1.54, 1.807) is 13.8 Å². The SMILES string of the molecule is C=C1CC2(CC=C(C)C)C(OC(C)=O)=C(CC=C(C)C)C(=O)C(C(=O)C(C)C)=C2OC1(C)C. The van der Waals surface area contributed by atoms with Gasteiger partial charge in [-0.05, 0) is 66.4 Å². The Labute approximate surface area is 198 Å². The second-order valence-electron chi connectivity index (χ2n) is 10.4. The molecular weight excluding hydrogens is 416 g/mol. The van der Waals surface area contributed by atoms with Crippen molar-refractivity contribution >= 4 is 17.5 Å². The molecule has 180 valence electrons. The Morgan fingerprint density at radius 3 is 2.15 bits per heavy atom. The summed E-state index contributed by atoms with van der Waals surface area (Å²) in [5.41, 5.74) is 1.54. The van der Waals surface area contributed by atoms with E-state index < -0.39 is 28.7 Å². The van der Waals surface area contributed by atoms with Crippen LogP contribution in [0.1, 0.15) is 81.6 Å². The quantitative estimate of drug-likeness (QED) is 0.256. The van der Waals surface area contributed by atoms with Gasteiger partial charge in [-0.1, -0.05) is 43.7 Å². The lowest BCUT2D eigenvalue weighted by Gasteiger charge is -2.50. The fourth-order valence-electron chi connectivity index (χ4n) is 4.15. The van der Waals surface area contributed by atoms with Crippen molar-refractivity contribution in [2.24, 2.45) is 11.3 Å². The van der Waals surface area contributed by atoms with Crippen molar-refractivity contribution in [3.05, 3.63) is 58.1 Å². The summed E-state index contributed by atoms with van der Waals surface area (Å²) in [6.45, 7) is 20.7. The van der Waals surface area contributed by atoms with Crippen molar-refractivity contribution < 1.29 is 23.9 Å². The van der Waals surface area contributed by atoms with E-state index in [9.17, 15) is 14.4 Å². The fraction of sp³-hybridized carbons (Fsp3) is 0.536. The van der Waals surface area contributed by atoms with Gasteiger partial charge in [0, 0.05) is 18.4 Å². The van der Waals surface area contributed by atoms with Crippen molar-refractivity contribution in [3.63, 3.8) is 0 Å². The minimum Gasteiger partial charge on any atom is -0.486 e. The van der Waals surface area contributed by atoms with Crippen molar-refractivity contribution in [2.75, 3.05) is 0 Å². The summed E-state index contributed by atoms with van der Waals surface area (Å²) < 4.78 is 12.2. The molecule has 0 N–H and O–H groups in total. The standard InChI is InChI=1S/C28H38O5/c1-16(2)11-12-21-24(31)22(23(30)18(5)6)26-28(14-13-17(3)4,25(21)32-20(8)29)15-19(7)27(9,10)33-26/h11,13,18H,7,12,14-15H2,1-6,8-10H3. The molecule has 0 saturated carbocycles. The number of carbonyl (C=O) groups excluding carboxylic acids is 3. The Kier molecular flexibility index (Phi) is 7.78. The summed E-state index contributed by atoms with van der Waals surface area (Å²) in [4.78, 5) is 39.5. The van der Waals surface area contributed by atoms with Crippen LogP contribution in [-0.2, 0) is 23.9 Å². The smallest absolute Gasteiger partial charge is 0.307 e. The first kappa shape index (κ1) is 26.6. The number of allylic oxidation sites excluding steroid dienone is 6. The lowest BCUT2D eigenvalue weighted by Crippen LogP contribution is -2.47. The van der Waals surface area contributed by atoms with Crippen molar-refractivity contribution in [2.45, 2.75) is 87.2 Å². The predicted molar refractivity (Wildman–Crippen MR) is 130 cm³/mol. The first-order valence-corrected chi connectivity index (χ1v) is 11.5. The number of Topliss-reactive ketones (excluding diaryl/α,β-unsaturated/α-hetero) is 2. The van der Waals surface area contributed by atoms with E-state index in [1.165, 1.54) is 6.92 Å². The van der Waals surface area contributed by atoms with Gasteiger partial charge in [0.1, 0.15) is 22.7 Å². The Morgan fingerprint density at radius 2 is 1.67 bits per heavy atom. The number of esters is 1. The van der Waals surface area contributed by atoms with Crippen LogP contribution < -0.4 is 0 Å². The first-order chi connectivity index (χ1) is 15.1. The second-order valence-corrected chi connectivity index (χ2v) is 10.4. The van der Waals surface area contributed by atoms with E-state index in [-0.39, 0.29) is 23.5 Å². The van der Waals surface area contributed by atoms with Gasteiger partial charge in [-0.25, -0.2) is 0 Å².